The molecule has 2 aliphatic rings. The van der Waals surface area contributed by atoms with Crippen LogP contribution in [0.4, 0.5) is 11.4 Å². The molecule has 0 aromatic heterocycles. The molecule has 1 amide bonds. The van der Waals surface area contributed by atoms with Gasteiger partial charge in [-0.2, -0.15) is 0 Å². The predicted octanol–water partition coefficient (Wildman–Crippen LogP) is 0.450. The van der Waals surface area contributed by atoms with Gasteiger partial charge >= 0.3 is 0 Å². The maximum atomic E-state index is 12.3. The van der Waals surface area contributed by atoms with Gasteiger partial charge in [0.05, 0.1) is 31.2 Å². The van der Waals surface area contributed by atoms with Crippen molar-refractivity contribution < 1.29 is 14.3 Å². The van der Waals surface area contributed by atoms with E-state index in [4.69, 9.17) is 9.47 Å². The van der Waals surface area contributed by atoms with E-state index in [-0.39, 0.29) is 5.91 Å². The predicted molar refractivity (Wildman–Crippen MR) is 80.7 cm³/mol. The molecule has 6 heteroatoms. The van der Waals surface area contributed by atoms with Crippen molar-refractivity contribution in [3.63, 3.8) is 0 Å². The van der Waals surface area contributed by atoms with Crippen molar-refractivity contribution in [2.45, 2.75) is 6.10 Å². The van der Waals surface area contributed by atoms with Gasteiger partial charge in [-0.25, -0.2) is 0 Å². The molecule has 0 spiro atoms. The standard InChI is InChI=1S/C15H21N3O3/c19-15(14-11-16-5-8-21-14)17-12-3-1-2-4-13(12)18-6-9-20-10-7-18/h1-4,14,16H,5-11H2,(H,17,19). The average Bonchev–Trinajstić information content (AvgIpc) is 2.57. The molecule has 1 aromatic carbocycles. The Labute approximate surface area is 124 Å². The van der Waals surface area contributed by atoms with Crippen molar-refractivity contribution in [3.05, 3.63) is 24.3 Å². The van der Waals surface area contributed by atoms with Crippen LogP contribution in [0, 0.1) is 0 Å². The first-order chi connectivity index (χ1) is 10.3. The number of ether oxygens (including phenoxy) is 2. The molecule has 3 rings (SSSR count). The van der Waals surface area contributed by atoms with E-state index in [0.717, 1.165) is 44.2 Å². The molecular weight excluding hydrogens is 270 g/mol. The molecule has 2 fully saturated rings. The highest BCUT2D eigenvalue weighted by molar-refractivity contribution is 5.97. The zero-order chi connectivity index (χ0) is 14.5. The summed E-state index contributed by atoms with van der Waals surface area (Å²) in [7, 11) is 0. The van der Waals surface area contributed by atoms with E-state index in [1.807, 2.05) is 24.3 Å². The van der Waals surface area contributed by atoms with Gasteiger partial charge in [-0.15, -0.1) is 0 Å². The molecule has 114 valence electrons. The molecule has 2 N–H and O–H groups in total. The number of nitrogens with zero attached hydrogens (tertiary/aromatic N) is 1. The fourth-order valence-corrected chi connectivity index (χ4v) is 2.61. The smallest absolute Gasteiger partial charge is 0.254 e. The van der Waals surface area contributed by atoms with Crippen LogP contribution in [0.15, 0.2) is 24.3 Å². The lowest BCUT2D eigenvalue weighted by Gasteiger charge is -2.31. The molecular formula is C15H21N3O3. The molecule has 2 aliphatic heterocycles. The molecule has 1 aromatic rings. The third kappa shape index (κ3) is 3.53. The largest absolute Gasteiger partial charge is 0.378 e. The molecule has 2 saturated heterocycles. The Kier molecular flexibility index (Phi) is 4.69. The minimum absolute atomic E-state index is 0.0945. The average molecular weight is 291 g/mol. The van der Waals surface area contributed by atoms with E-state index >= 15 is 0 Å². The molecule has 0 saturated carbocycles. The Morgan fingerprint density at radius 3 is 2.81 bits per heavy atom. The topological polar surface area (TPSA) is 62.8 Å². The lowest BCUT2D eigenvalue weighted by atomic mass is 10.2. The molecule has 21 heavy (non-hydrogen) atoms. The van der Waals surface area contributed by atoms with Crippen LogP contribution in [0.3, 0.4) is 0 Å². The highest BCUT2D eigenvalue weighted by atomic mass is 16.5. The van der Waals surface area contributed by atoms with Gasteiger partial charge in [-0.1, -0.05) is 12.1 Å². The highest BCUT2D eigenvalue weighted by Crippen LogP contribution is 2.26. The summed E-state index contributed by atoms with van der Waals surface area (Å²) in [5, 5.41) is 6.16. The highest BCUT2D eigenvalue weighted by Gasteiger charge is 2.23. The fourth-order valence-electron chi connectivity index (χ4n) is 2.61. The van der Waals surface area contributed by atoms with Gasteiger partial charge in [0.1, 0.15) is 6.10 Å². The van der Waals surface area contributed by atoms with Crippen LogP contribution in [0.2, 0.25) is 0 Å². The van der Waals surface area contributed by atoms with Gasteiger partial charge in [0, 0.05) is 26.2 Å². The second-order valence-corrected chi connectivity index (χ2v) is 5.17. The lowest BCUT2D eigenvalue weighted by molar-refractivity contribution is -0.128. The first kappa shape index (κ1) is 14.3. The summed E-state index contributed by atoms with van der Waals surface area (Å²) in [6, 6.07) is 7.87. The number of hydrogen-bond donors (Lipinski definition) is 2. The van der Waals surface area contributed by atoms with Crippen molar-refractivity contribution in [2.24, 2.45) is 0 Å². The molecule has 1 atom stereocenters. The number of anilines is 2. The van der Waals surface area contributed by atoms with Crippen molar-refractivity contribution in [1.29, 1.82) is 0 Å². The summed E-state index contributed by atoms with van der Waals surface area (Å²) in [5.41, 5.74) is 1.87. The maximum absolute atomic E-state index is 12.3. The zero-order valence-electron chi connectivity index (χ0n) is 12.0. The van der Waals surface area contributed by atoms with E-state index < -0.39 is 6.10 Å². The van der Waals surface area contributed by atoms with Crippen molar-refractivity contribution in [3.8, 4) is 0 Å². The van der Waals surface area contributed by atoms with Gasteiger partial charge < -0.3 is 25.0 Å². The monoisotopic (exact) mass is 291 g/mol. The van der Waals surface area contributed by atoms with Crippen LogP contribution in [0.1, 0.15) is 0 Å². The Balaban J connectivity index is 1.70. The molecule has 1 unspecified atom stereocenters. The van der Waals surface area contributed by atoms with Crippen molar-refractivity contribution in [2.75, 3.05) is 56.2 Å². The third-order valence-corrected chi connectivity index (χ3v) is 3.73. The number of carbonyl (C=O) groups is 1. The van der Waals surface area contributed by atoms with E-state index in [1.165, 1.54) is 0 Å². The number of para-hydroxylation sites is 2. The van der Waals surface area contributed by atoms with Crippen LogP contribution in [-0.2, 0) is 14.3 Å². The van der Waals surface area contributed by atoms with Gasteiger partial charge in [-0.3, -0.25) is 4.79 Å². The Bertz CT molecular complexity index is 483. The molecule has 2 heterocycles. The summed E-state index contributed by atoms with van der Waals surface area (Å²) in [5.74, 6) is -0.0945. The summed E-state index contributed by atoms with van der Waals surface area (Å²) in [6.45, 7) is 5.06. The van der Waals surface area contributed by atoms with Crippen LogP contribution in [0.25, 0.3) is 0 Å². The van der Waals surface area contributed by atoms with Gasteiger partial charge in [0.15, 0.2) is 0 Å². The van der Waals surface area contributed by atoms with E-state index in [9.17, 15) is 4.79 Å². The number of amides is 1. The first-order valence-electron chi connectivity index (χ1n) is 7.39. The number of nitrogens with one attached hydrogen (secondary N) is 2. The normalized spacial score (nSPS) is 22.9. The van der Waals surface area contributed by atoms with Crippen LogP contribution in [-0.4, -0.2) is 58.0 Å². The SMILES string of the molecule is O=C(Nc1ccccc1N1CCOCC1)C1CNCCO1. The number of benzene rings is 1. The Hall–Kier alpha value is -1.63. The minimum atomic E-state index is -0.420. The Morgan fingerprint density at radius 2 is 2.05 bits per heavy atom. The number of hydrogen-bond acceptors (Lipinski definition) is 5. The molecule has 0 bridgehead atoms. The molecule has 0 radical (unpaired) electrons. The molecule has 0 aliphatic carbocycles. The summed E-state index contributed by atoms with van der Waals surface area (Å²) >= 11 is 0. The second-order valence-electron chi connectivity index (χ2n) is 5.17. The maximum Gasteiger partial charge on any atom is 0.254 e. The first-order valence-corrected chi connectivity index (χ1v) is 7.39. The van der Waals surface area contributed by atoms with Crippen molar-refractivity contribution in [1.82, 2.24) is 5.32 Å². The van der Waals surface area contributed by atoms with E-state index in [2.05, 4.69) is 15.5 Å². The van der Waals surface area contributed by atoms with Gasteiger partial charge in [-0.05, 0) is 12.1 Å². The molecule has 6 nitrogen and oxygen atoms in total. The number of carbonyl (C=O) groups excluding carboxylic acids is 1. The summed E-state index contributed by atoms with van der Waals surface area (Å²) in [6.07, 6.45) is -0.420. The summed E-state index contributed by atoms with van der Waals surface area (Å²) < 4.78 is 10.9. The van der Waals surface area contributed by atoms with Gasteiger partial charge in [0.2, 0.25) is 0 Å². The number of morpholine rings is 2. The summed E-state index contributed by atoms with van der Waals surface area (Å²) in [4.78, 5) is 14.5. The van der Waals surface area contributed by atoms with Crippen LogP contribution in [0.5, 0.6) is 0 Å². The van der Waals surface area contributed by atoms with Crippen molar-refractivity contribution >= 4 is 17.3 Å². The lowest BCUT2D eigenvalue weighted by Crippen LogP contribution is -2.45. The number of rotatable bonds is 3. The second kappa shape index (κ2) is 6.89. The van der Waals surface area contributed by atoms with E-state index in [0.29, 0.717) is 13.2 Å². The quantitative estimate of drug-likeness (QED) is 0.846. The van der Waals surface area contributed by atoms with Gasteiger partial charge in [0.25, 0.3) is 5.91 Å². The fraction of sp³-hybridized carbons (Fsp3) is 0.533. The third-order valence-electron chi connectivity index (χ3n) is 3.73. The Morgan fingerprint density at radius 1 is 1.24 bits per heavy atom. The van der Waals surface area contributed by atoms with Crippen LogP contribution >= 0.6 is 0 Å². The zero-order valence-corrected chi connectivity index (χ0v) is 12.0. The minimum Gasteiger partial charge on any atom is -0.378 e. The van der Waals surface area contributed by atoms with Crippen LogP contribution < -0.4 is 15.5 Å². The van der Waals surface area contributed by atoms with E-state index in [1.54, 1.807) is 0 Å².